The standard InChI is InChI=1S/C12H15NO2/c1-8-4-5-9(12(14)15)7-10(8)11-3-2-6-13-11/h4-5,7,11,13H,2-3,6H2,1H3,(H,14,15). The van der Waals surface area contributed by atoms with Crippen LogP contribution in [-0.4, -0.2) is 17.6 Å². The number of carboxylic acid groups (broad SMARTS) is 1. The largest absolute Gasteiger partial charge is 0.478 e. The van der Waals surface area contributed by atoms with E-state index in [2.05, 4.69) is 5.32 Å². The lowest BCUT2D eigenvalue weighted by atomic mass is 9.97. The second-order valence-electron chi connectivity index (χ2n) is 4.03. The number of benzene rings is 1. The maximum Gasteiger partial charge on any atom is 0.335 e. The highest BCUT2D eigenvalue weighted by Crippen LogP contribution is 2.26. The van der Waals surface area contributed by atoms with Gasteiger partial charge in [-0.05, 0) is 49.6 Å². The summed E-state index contributed by atoms with van der Waals surface area (Å²) in [5.41, 5.74) is 2.68. The minimum absolute atomic E-state index is 0.337. The van der Waals surface area contributed by atoms with Crippen molar-refractivity contribution in [2.24, 2.45) is 0 Å². The van der Waals surface area contributed by atoms with Crippen LogP contribution in [0.4, 0.5) is 0 Å². The van der Waals surface area contributed by atoms with Crippen LogP contribution in [0.25, 0.3) is 0 Å². The van der Waals surface area contributed by atoms with E-state index in [1.165, 1.54) is 12.0 Å². The first-order valence-electron chi connectivity index (χ1n) is 5.25. The molecule has 2 N–H and O–H groups in total. The van der Waals surface area contributed by atoms with E-state index in [1.807, 2.05) is 13.0 Å². The Hall–Kier alpha value is -1.35. The highest BCUT2D eigenvalue weighted by atomic mass is 16.4. The number of hydrogen-bond acceptors (Lipinski definition) is 2. The van der Waals surface area contributed by atoms with E-state index in [4.69, 9.17) is 5.11 Å². The molecule has 1 heterocycles. The summed E-state index contributed by atoms with van der Waals surface area (Å²) in [4.78, 5) is 10.9. The minimum atomic E-state index is -0.853. The number of nitrogens with one attached hydrogen (secondary N) is 1. The third kappa shape index (κ3) is 2.02. The van der Waals surface area contributed by atoms with Crippen molar-refractivity contribution in [3.63, 3.8) is 0 Å². The Morgan fingerprint density at radius 2 is 2.33 bits per heavy atom. The van der Waals surface area contributed by atoms with E-state index in [-0.39, 0.29) is 0 Å². The Morgan fingerprint density at radius 1 is 1.53 bits per heavy atom. The van der Waals surface area contributed by atoms with Crippen LogP contribution >= 0.6 is 0 Å². The summed E-state index contributed by atoms with van der Waals surface area (Å²) in [7, 11) is 0. The molecule has 0 spiro atoms. The van der Waals surface area contributed by atoms with Gasteiger partial charge in [0.2, 0.25) is 0 Å². The molecular weight excluding hydrogens is 190 g/mol. The predicted octanol–water partition coefficient (Wildman–Crippen LogP) is 2.12. The number of carboxylic acids is 1. The van der Waals surface area contributed by atoms with E-state index >= 15 is 0 Å². The van der Waals surface area contributed by atoms with Gasteiger partial charge in [-0.3, -0.25) is 0 Å². The van der Waals surface area contributed by atoms with Crippen molar-refractivity contribution < 1.29 is 9.90 Å². The van der Waals surface area contributed by atoms with Gasteiger partial charge in [-0.25, -0.2) is 4.79 Å². The molecule has 1 unspecified atom stereocenters. The Kier molecular flexibility index (Phi) is 2.73. The second-order valence-corrected chi connectivity index (χ2v) is 4.03. The Labute approximate surface area is 89.1 Å². The number of hydrogen-bond donors (Lipinski definition) is 2. The van der Waals surface area contributed by atoms with Crippen LogP contribution in [-0.2, 0) is 0 Å². The highest BCUT2D eigenvalue weighted by Gasteiger charge is 2.19. The first kappa shape index (κ1) is 10.2. The SMILES string of the molecule is Cc1ccc(C(=O)O)cc1C1CCCN1. The van der Waals surface area contributed by atoms with E-state index in [1.54, 1.807) is 12.1 Å². The molecule has 1 saturated heterocycles. The van der Waals surface area contributed by atoms with Crippen molar-refractivity contribution in [2.75, 3.05) is 6.54 Å². The van der Waals surface area contributed by atoms with Crippen LogP contribution in [0.5, 0.6) is 0 Å². The van der Waals surface area contributed by atoms with Gasteiger partial charge >= 0.3 is 5.97 Å². The zero-order valence-electron chi connectivity index (χ0n) is 8.79. The normalized spacial score (nSPS) is 20.5. The van der Waals surface area contributed by atoms with Crippen LogP contribution in [0.1, 0.15) is 40.4 Å². The monoisotopic (exact) mass is 205 g/mol. The van der Waals surface area contributed by atoms with Gasteiger partial charge in [-0.1, -0.05) is 6.07 Å². The van der Waals surface area contributed by atoms with Crippen LogP contribution in [0.2, 0.25) is 0 Å². The molecule has 0 radical (unpaired) electrons. The highest BCUT2D eigenvalue weighted by molar-refractivity contribution is 5.87. The third-order valence-corrected chi connectivity index (χ3v) is 2.96. The summed E-state index contributed by atoms with van der Waals surface area (Å²) in [6.45, 7) is 3.06. The molecule has 1 aromatic rings. The lowest BCUT2D eigenvalue weighted by Gasteiger charge is -2.14. The molecule has 0 amide bonds. The van der Waals surface area contributed by atoms with Crippen LogP contribution < -0.4 is 5.32 Å². The van der Waals surface area contributed by atoms with Gasteiger partial charge in [0.15, 0.2) is 0 Å². The molecule has 1 fully saturated rings. The third-order valence-electron chi connectivity index (χ3n) is 2.96. The molecule has 0 saturated carbocycles. The van der Waals surface area contributed by atoms with Crippen LogP contribution in [0.3, 0.4) is 0 Å². The number of carbonyl (C=O) groups is 1. The van der Waals surface area contributed by atoms with Gasteiger partial charge < -0.3 is 10.4 Å². The fourth-order valence-electron chi connectivity index (χ4n) is 2.10. The lowest BCUT2D eigenvalue weighted by Crippen LogP contribution is -2.14. The molecule has 0 bridgehead atoms. The van der Waals surface area contributed by atoms with Crippen molar-refractivity contribution in [3.8, 4) is 0 Å². The van der Waals surface area contributed by atoms with Crippen molar-refractivity contribution in [1.29, 1.82) is 0 Å². The van der Waals surface area contributed by atoms with E-state index in [0.29, 0.717) is 11.6 Å². The summed E-state index contributed by atoms with van der Waals surface area (Å²) in [5, 5.41) is 12.3. The molecule has 0 aliphatic carbocycles. The number of aryl methyl sites for hydroxylation is 1. The predicted molar refractivity (Wildman–Crippen MR) is 58.1 cm³/mol. The summed E-state index contributed by atoms with van der Waals surface area (Å²) >= 11 is 0. The molecular formula is C12H15NO2. The first-order valence-corrected chi connectivity index (χ1v) is 5.25. The Bertz CT molecular complexity index is 381. The lowest BCUT2D eigenvalue weighted by molar-refractivity contribution is 0.0696. The van der Waals surface area contributed by atoms with Crippen molar-refractivity contribution in [2.45, 2.75) is 25.8 Å². The fraction of sp³-hybridized carbons (Fsp3) is 0.417. The van der Waals surface area contributed by atoms with Crippen molar-refractivity contribution in [1.82, 2.24) is 5.32 Å². The average molecular weight is 205 g/mol. The Morgan fingerprint density at radius 3 is 2.93 bits per heavy atom. The molecule has 2 rings (SSSR count). The second kappa shape index (κ2) is 4.03. The number of rotatable bonds is 2. The van der Waals surface area contributed by atoms with Crippen LogP contribution in [0.15, 0.2) is 18.2 Å². The first-order chi connectivity index (χ1) is 7.18. The fourth-order valence-corrected chi connectivity index (χ4v) is 2.10. The van der Waals surface area contributed by atoms with Gasteiger partial charge in [0, 0.05) is 6.04 Å². The Balaban J connectivity index is 2.35. The quantitative estimate of drug-likeness (QED) is 0.777. The maximum absolute atomic E-state index is 10.9. The molecule has 1 aliphatic rings. The zero-order chi connectivity index (χ0) is 10.8. The van der Waals surface area contributed by atoms with Gasteiger partial charge in [-0.15, -0.1) is 0 Å². The summed E-state index contributed by atoms with van der Waals surface area (Å²) < 4.78 is 0. The van der Waals surface area contributed by atoms with Crippen molar-refractivity contribution >= 4 is 5.97 Å². The summed E-state index contributed by atoms with van der Waals surface area (Å²) in [6, 6.07) is 5.68. The van der Waals surface area contributed by atoms with Gasteiger partial charge in [-0.2, -0.15) is 0 Å². The van der Waals surface area contributed by atoms with Gasteiger partial charge in [0.25, 0.3) is 0 Å². The molecule has 80 valence electrons. The molecule has 1 aliphatic heterocycles. The zero-order valence-corrected chi connectivity index (χ0v) is 8.79. The molecule has 3 nitrogen and oxygen atoms in total. The number of aromatic carboxylic acids is 1. The summed E-state index contributed by atoms with van der Waals surface area (Å²) in [6.07, 6.45) is 2.27. The van der Waals surface area contributed by atoms with Crippen LogP contribution in [0, 0.1) is 6.92 Å². The topological polar surface area (TPSA) is 49.3 Å². The minimum Gasteiger partial charge on any atom is -0.478 e. The smallest absolute Gasteiger partial charge is 0.335 e. The van der Waals surface area contributed by atoms with Gasteiger partial charge in [0.05, 0.1) is 5.56 Å². The maximum atomic E-state index is 10.9. The average Bonchev–Trinajstić information content (AvgIpc) is 2.71. The molecule has 0 aromatic heterocycles. The van der Waals surface area contributed by atoms with Gasteiger partial charge in [0.1, 0.15) is 0 Å². The molecule has 1 atom stereocenters. The van der Waals surface area contributed by atoms with E-state index < -0.39 is 5.97 Å². The summed E-state index contributed by atoms with van der Waals surface area (Å²) in [5.74, 6) is -0.853. The van der Waals surface area contributed by atoms with E-state index in [0.717, 1.165) is 18.5 Å². The molecule has 3 heteroatoms. The van der Waals surface area contributed by atoms with Crippen molar-refractivity contribution in [3.05, 3.63) is 34.9 Å². The molecule has 15 heavy (non-hydrogen) atoms. The molecule has 1 aromatic carbocycles. The van der Waals surface area contributed by atoms with E-state index in [9.17, 15) is 4.79 Å².